The standard InChI is InChI=1S/C17H16N2O7S/c1-25-14-9-11(19(23)24)4-5-12(14)18-16(21)10-26-17(22)7-6-13(20)15-3-2-8-27-15/h2-5,8-9H,6-7,10H2,1H3,(H,18,21). The van der Waals surface area contributed by atoms with Crippen molar-refractivity contribution in [2.45, 2.75) is 12.8 Å². The van der Waals surface area contributed by atoms with Gasteiger partial charge in [0.1, 0.15) is 5.75 Å². The number of ketones is 1. The molecule has 0 bridgehead atoms. The molecule has 142 valence electrons. The largest absolute Gasteiger partial charge is 0.494 e. The lowest BCUT2D eigenvalue weighted by molar-refractivity contribution is -0.384. The smallest absolute Gasteiger partial charge is 0.306 e. The first kappa shape index (κ1) is 20.0. The van der Waals surface area contributed by atoms with Gasteiger partial charge in [-0.05, 0) is 17.5 Å². The van der Waals surface area contributed by atoms with Crippen molar-refractivity contribution in [3.63, 3.8) is 0 Å². The first-order valence-electron chi connectivity index (χ1n) is 7.75. The van der Waals surface area contributed by atoms with Crippen molar-refractivity contribution in [3.8, 4) is 5.75 Å². The van der Waals surface area contributed by atoms with Gasteiger partial charge in [0.2, 0.25) is 0 Å². The van der Waals surface area contributed by atoms with Crippen molar-refractivity contribution >= 4 is 40.4 Å². The van der Waals surface area contributed by atoms with E-state index in [9.17, 15) is 24.5 Å². The number of nitro groups is 1. The molecule has 1 aromatic heterocycles. The monoisotopic (exact) mass is 392 g/mol. The summed E-state index contributed by atoms with van der Waals surface area (Å²) in [5, 5.41) is 15.0. The van der Waals surface area contributed by atoms with Crippen molar-refractivity contribution in [3.05, 3.63) is 50.7 Å². The molecule has 2 rings (SSSR count). The molecule has 0 fully saturated rings. The fraction of sp³-hybridized carbons (Fsp3) is 0.235. The first-order valence-corrected chi connectivity index (χ1v) is 8.63. The van der Waals surface area contributed by atoms with Gasteiger partial charge in [-0.15, -0.1) is 11.3 Å². The minimum absolute atomic E-state index is 0.00284. The van der Waals surface area contributed by atoms with E-state index in [2.05, 4.69) is 5.32 Å². The molecule has 0 aliphatic rings. The van der Waals surface area contributed by atoms with Crippen LogP contribution < -0.4 is 10.1 Å². The molecule has 9 nitrogen and oxygen atoms in total. The Morgan fingerprint density at radius 2 is 2.00 bits per heavy atom. The number of nitrogens with zero attached hydrogens (tertiary/aromatic N) is 1. The van der Waals surface area contributed by atoms with Gasteiger partial charge in [-0.3, -0.25) is 24.5 Å². The minimum Gasteiger partial charge on any atom is -0.494 e. The summed E-state index contributed by atoms with van der Waals surface area (Å²) in [6.07, 6.45) is -0.137. The van der Waals surface area contributed by atoms with Crippen molar-refractivity contribution in [2.24, 2.45) is 0 Å². The Morgan fingerprint density at radius 1 is 1.22 bits per heavy atom. The van der Waals surface area contributed by atoms with Crippen LogP contribution in [-0.2, 0) is 14.3 Å². The second-order valence-corrected chi connectivity index (χ2v) is 6.20. The number of carbonyl (C=O) groups is 3. The fourth-order valence-corrected chi connectivity index (χ4v) is 2.77. The van der Waals surface area contributed by atoms with Crippen LogP contribution in [0, 0.1) is 10.1 Å². The molecule has 0 atom stereocenters. The first-order chi connectivity index (χ1) is 12.9. The summed E-state index contributed by atoms with van der Waals surface area (Å²) >= 11 is 1.29. The molecule has 10 heteroatoms. The summed E-state index contributed by atoms with van der Waals surface area (Å²) in [6.45, 7) is -0.549. The lowest BCUT2D eigenvalue weighted by atomic mass is 10.2. The van der Waals surface area contributed by atoms with Crippen LogP contribution in [0.4, 0.5) is 11.4 Å². The summed E-state index contributed by atoms with van der Waals surface area (Å²) in [7, 11) is 1.30. The Morgan fingerprint density at radius 3 is 2.63 bits per heavy atom. The van der Waals surface area contributed by atoms with E-state index in [0.717, 1.165) is 6.07 Å². The molecule has 27 heavy (non-hydrogen) atoms. The Labute approximate surface area is 158 Å². The van der Waals surface area contributed by atoms with Crippen molar-refractivity contribution < 1.29 is 28.8 Å². The van der Waals surface area contributed by atoms with E-state index in [-0.39, 0.29) is 35.7 Å². The summed E-state index contributed by atoms with van der Waals surface area (Å²) in [4.78, 5) is 46.1. The number of ether oxygens (including phenoxy) is 2. The van der Waals surface area contributed by atoms with E-state index in [0.29, 0.717) is 4.88 Å². The van der Waals surface area contributed by atoms with Gasteiger partial charge in [0.05, 0.1) is 35.1 Å². The lowest BCUT2D eigenvalue weighted by Crippen LogP contribution is -2.21. The van der Waals surface area contributed by atoms with Gasteiger partial charge in [-0.2, -0.15) is 0 Å². The highest BCUT2D eigenvalue weighted by Gasteiger charge is 2.15. The Hall–Kier alpha value is -3.27. The minimum atomic E-state index is -0.675. The van der Waals surface area contributed by atoms with Gasteiger partial charge in [0, 0.05) is 12.5 Å². The SMILES string of the molecule is COc1cc([N+](=O)[O-])ccc1NC(=O)COC(=O)CCC(=O)c1cccs1. The molecule has 0 aliphatic carbocycles. The molecular formula is C17H16N2O7S. The normalized spacial score (nSPS) is 10.1. The highest BCUT2D eigenvalue weighted by molar-refractivity contribution is 7.12. The lowest BCUT2D eigenvalue weighted by Gasteiger charge is -2.10. The second kappa shape index (κ2) is 9.43. The number of hydrogen-bond donors (Lipinski definition) is 1. The topological polar surface area (TPSA) is 125 Å². The van der Waals surface area contributed by atoms with Gasteiger partial charge in [-0.25, -0.2) is 0 Å². The summed E-state index contributed by atoms with van der Waals surface area (Å²) < 4.78 is 9.83. The number of thiophene rings is 1. The molecule has 1 heterocycles. The van der Waals surface area contributed by atoms with E-state index >= 15 is 0 Å². The van der Waals surface area contributed by atoms with Crippen molar-refractivity contribution in [1.29, 1.82) is 0 Å². The van der Waals surface area contributed by atoms with Gasteiger partial charge in [0.15, 0.2) is 12.4 Å². The van der Waals surface area contributed by atoms with Crippen LogP contribution in [0.25, 0.3) is 0 Å². The van der Waals surface area contributed by atoms with Crippen LogP contribution in [0.3, 0.4) is 0 Å². The predicted molar refractivity (Wildman–Crippen MR) is 97.1 cm³/mol. The van der Waals surface area contributed by atoms with Crippen molar-refractivity contribution in [2.75, 3.05) is 19.0 Å². The quantitative estimate of drug-likeness (QED) is 0.301. The number of methoxy groups -OCH3 is 1. The number of carbonyl (C=O) groups excluding carboxylic acids is 3. The van der Waals surface area contributed by atoms with Crippen molar-refractivity contribution in [1.82, 2.24) is 0 Å². The third-order valence-electron chi connectivity index (χ3n) is 3.39. The highest BCUT2D eigenvalue weighted by atomic mass is 32.1. The maximum atomic E-state index is 11.9. The van der Waals surface area contributed by atoms with Crippen LogP contribution in [0.5, 0.6) is 5.75 Å². The number of hydrogen-bond acceptors (Lipinski definition) is 8. The number of esters is 1. The molecule has 1 N–H and O–H groups in total. The van der Waals surface area contributed by atoms with Gasteiger partial charge in [0.25, 0.3) is 11.6 Å². The maximum absolute atomic E-state index is 11.9. The number of non-ortho nitro benzene ring substituents is 1. The molecular weight excluding hydrogens is 376 g/mol. The molecule has 1 aromatic carbocycles. The number of amides is 1. The van der Waals surface area contributed by atoms with E-state index in [4.69, 9.17) is 9.47 Å². The number of nitrogens with one attached hydrogen (secondary N) is 1. The van der Waals surface area contributed by atoms with E-state index in [1.54, 1.807) is 17.5 Å². The van der Waals surface area contributed by atoms with E-state index in [1.165, 1.54) is 30.6 Å². The molecule has 0 radical (unpaired) electrons. The molecule has 1 amide bonds. The average Bonchev–Trinajstić information content (AvgIpc) is 3.19. The molecule has 0 saturated heterocycles. The zero-order chi connectivity index (χ0) is 19.8. The number of anilines is 1. The third kappa shape index (κ3) is 5.89. The summed E-state index contributed by atoms with van der Waals surface area (Å²) in [6, 6.07) is 7.10. The number of rotatable bonds is 9. The van der Waals surface area contributed by atoms with E-state index < -0.39 is 23.4 Å². The molecule has 2 aromatic rings. The van der Waals surface area contributed by atoms with E-state index in [1.807, 2.05) is 0 Å². The van der Waals surface area contributed by atoms with Gasteiger partial charge >= 0.3 is 5.97 Å². The Balaban J connectivity index is 1.81. The predicted octanol–water partition coefficient (Wildman–Crippen LogP) is 2.81. The number of benzene rings is 1. The van der Waals surface area contributed by atoms with Crippen LogP contribution in [0.2, 0.25) is 0 Å². The molecule has 0 spiro atoms. The fourth-order valence-electron chi connectivity index (χ4n) is 2.08. The van der Waals surface area contributed by atoms with Crippen LogP contribution in [-0.4, -0.2) is 36.3 Å². The zero-order valence-electron chi connectivity index (χ0n) is 14.3. The van der Waals surface area contributed by atoms with Gasteiger partial charge < -0.3 is 14.8 Å². The summed E-state index contributed by atoms with van der Waals surface area (Å²) in [5.74, 6) is -1.38. The Kier molecular flexibility index (Phi) is 7.00. The zero-order valence-corrected chi connectivity index (χ0v) is 15.1. The second-order valence-electron chi connectivity index (χ2n) is 5.25. The summed E-state index contributed by atoms with van der Waals surface area (Å²) in [5.41, 5.74) is 0.0173. The average molecular weight is 392 g/mol. The van der Waals surface area contributed by atoms with Crippen LogP contribution in [0.15, 0.2) is 35.7 Å². The van der Waals surface area contributed by atoms with Crippen LogP contribution >= 0.6 is 11.3 Å². The molecule has 0 saturated carbocycles. The number of nitro benzene ring substituents is 1. The van der Waals surface area contributed by atoms with Gasteiger partial charge in [-0.1, -0.05) is 6.07 Å². The van der Waals surface area contributed by atoms with Crippen LogP contribution in [0.1, 0.15) is 22.5 Å². The Bertz CT molecular complexity index is 849. The maximum Gasteiger partial charge on any atom is 0.306 e. The molecule has 0 unspecified atom stereocenters. The molecule has 0 aliphatic heterocycles. The number of Topliss-reactive ketones (excluding diaryl/α,β-unsaturated/α-hetero) is 1. The highest BCUT2D eigenvalue weighted by Crippen LogP contribution is 2.28. The third-order valence-corrected chi connectivity index (χ3v) is 4.30.